The Morgan fingerprint density at radius 2 is 1.55 bits per heavy atom. The molecule has 0 aliphatic carbocycles. The van der Waals surface area contributed by atoms with Crippen LogP contribution in [-0.2, 0) is 4.79 Å². The Balaban J connectivity index is 1.71. The van der Waals surface area contributed by atoms with Gasteiger partial charge >= 0.3 is 0 Å². The molecule has 0 bridgehead atoms. The fourth-order valence-corrected chi connectivity index (χ4v) is 4.44. The number of imide groups is 1. The van der Waals surface area contributed by atoms with Crippen molar-refractivity contribution in [2.24, 2.45) is 0 Å². The van der Waals surface area contributed by atoms with Crippen LogP contribution in [-0.4, -0.2) is 15.7 Å². The van der Waals surface area contributed by atoms with Crippen LogP contribution in [0.1, 0.15) is 28.1 Å². The predicted molar refractivity (Wildman–Crippen MR) is 120 cm³/mol. The van der Waals surface area contributed by atoms with E-state index in [-0.39, 0.29) is 11.1 Å². The largest absolute Gasteiger partial charge is 0.318 e. The van der Waals surface area contributed by atoms with Crippen LogP contribution in [0.4, 0.5) is 10.5 Å². The minimum atomic E-state index is -0.276. The van der Waals surface area contributed by atoms with Crippen LogP contribution in [0, 0.1) is 27.7 Å². The molecule has 4 rings (SSSR count). The molecule has 1 aliphatic rings. The van der Waals surface area contributed by atoms with E-state index in [4.69, 9.17) is 0 Å². The van der Waals surface area contributed by atoms with Gasteiger partial charge in [-0.05, 0) is 92.6 Å². The van der Waals surface area contributed by atoms with Crippen LogP contribution in [0.2, 0.25) is 0 Å². The number of benzene rings is 2. The number of hydrogen-bond acceptors (Lipinski definition) is 3. The minimum absolute atomic E-state index is 0.268. The van der Waals surface area contributed by atoms with Gasteiger partial charge in [0.1, 0.15) is 0 Å². The van der Waals surface area contributed by atoms with Crippen molar-refractivity contribution in [3.8, 4) is 5.69 Å². The lowest BCUT2D eigenvalue weighted by molar-refractivity contribution is -0.113. The zero-order chi connectivity index (χ0) is 20.7. The van der Waals surface area contributed by atoms with Crippen molar-refractivity contribution in [3.63, 3.8) is 0 Å². The van der Waals surface area contributed by atoms with E-state index in [1.807, 2.05) is 31.2 Å². The summed E-state index contributed by atoms with van der Waals surface area (Å²) < 4.78 is 2.18. The summed E-state index contributed by atoms with van der Waals surface area (Å²) in [4.78, 5) is 27.0. The first-order valence-corrected chi connectivity index (χ1v) is 10.3. The average Bonchev–Trinajstić information content (AvgIpc) is 3.13. The zero-order valence-electron chi connectivity index (χ0n) is 16.9. The van der Waals surface area contributed by atoms with E-state index in [9.17, 15) is 9.59 Å². The fourth-order valence-electron chi connectivity index (χ4n) is 3.60. The number of anilines is 1. The molecule has 0 atom stereocenters. The maximum Gasteiger partial charge on any atom is 0.298 e. The fraction of sp³-hybridized carbons (Fsp3) is 0.167. The maximum absolute atomic E-state index is 12.9. The van der Waals surface area contributed by atoms with Crippen molar-refractivity contribution in [1.82, 2.24) is 4.57 Å². The highest BCUT2D eigenvalue weighted by molar-refractivity contribution is 8.19. The molecule has 2 heterocycles. The van der Waals surface area contributed by atoms with Gasteiger partial charge in [-0.25, -0.2) is 4.90 Å². The van der Waals surface area contributed by atoms with Crippen molar-refractivity contribution in [3.05, 3.63) is 87.6 Å². The topological polar surface area (TPSA) is 42.3 Å². The van der Waals surface area contributed by atoms with E-state index >= 15 is 0 Å². The molecule has 4 nitrogen and oxygen atoms in total. The Bertz CT molecular complexity index is 1160. The third kappa shape index (κ3) is 3.42. The number of aromatic nitrogens is 1. The Hall–Kier alpha value is -3.05. The number of carbonyl (C=O) groups excluding carboxylic acids is 2. The standard InChI is InChI=1S/C24H22N2O2S/c1-15-10-11-21(12-16(15)2)25-17(3)13-19(18(25)4)14-22-23(27)26(24(28)29-22)20-8-6-5-7-9-20/h5-14H,1-4H3/b22-14-. The number of carbonyl (C=O) groups is 2. The molecule has 1 aromatic heterocycles. The molecule has 146 valence electrons. The SMILES string of the molecule is Cc1ccc(-n2c(C)cc(/C=C3\SC(=O)N(c4ccccc4)C3=O)c2C)cc1C. The van der Waals surface area contributed by atoms with Crippen molar-refractivity contribution >= 4 is 34.7 Å². The first kappa shape index (κ1) is 19.3. The second-order valence-corrected chi connectivity index (χ2v) is 8.28. The number of para-hydroxylation sites is 1. The summed E-state index contributed by atoms with van der Waals surface area (Å²) in [5, 5.41) is -0.268. The highest BCUT2D eigenvalue weighted by atomic mass is 32.2. The monoisotopic (exact) mass is 402 g/mol. The van der Waals surface area contributed by atoms with Gasteiger partial charge in [0.2, 0.25) is 0 Å². The Labute approximate surface area is 174 Å². The minimum Gasteiger partial charge on any atom is -0.318 e. The van der Waals surface area contributed by atoms with E-state index in [2.05, 4.69) is 49.6 Å². The molecule has 3 aromatic rings. The second kappa shape index (κ2) is 7.41. The molecule has 0 radical (unpaired) electrons. The van der Waals surface area contributed by atoms with Gasteiger partial charge in [0.15, 0.2) is 0 Å². The molecule has 5 heteroatoms. The van der Waals surface area contributed by atoms with Crippen molar-refractivity contribution in [1.29, 1.82) is 0 Å². The highest BCUT2D eigenvalue weighted by Gasteiger charge is 2.36. The van der Waals surface area contributed by atoms with Crippen LogP contribution in [0.15, 0.2) is 59.5 Å². The molecule has 0 saturated carbocycles. The van der Waals surface area contributed by atoms with E-state index in [1.54, 1.807) is 12.1 Å². The summed E-state index contributed by atoms with van der Waals surface area (Å²) in [6.45, 7) is 8.29. The lowest BCUT2D eigenvalue weighted by Gasteiger charge is -2.12. The lowest BCUT2D eigenvalue weighted by Crippen LogP contribution is -2.27. The number of aryl methyl sites for hydroxylation is 3. The Morgan fingerprint density at radius 3 is 2.24 bits per heavy atom. The first-order valence-electron chi connectivity index (χ1n) is 9.46. The molecule has 1 aliphatic heterocycles. The van der Waals surface area contributed by atoms with Crippen molar-refractivity contribution in [2.45, 2.75) is 27.7 Å². The molecule has 29 heavy (non-hydrogen) atoms. The summed E-state index contributed by atoms with van der Waals surface area (Å²) in [5.41, 5.74) is 7.25. The summed E-state index contributed by atoms with van der Waals surface area (Å²) in [6, 6.07) is 17.5. The summed E-state index contributed by atoms with van der Waals surface area (Å²) >= 11 is 0.985. The summed E-state index contributed by atoms with van der Waals surface area (Å²) in [6.07, 6.45) is 1.83. The van der Waals surface area contributed by atoms with Crippen LogP contribution in [0.3, 0.4) is 0 Å². The van der Waals surface area contributed by atoms with Gasteiger partial charge in [0.25, 0.3) is 11.1 Å². The third-order valence-electron chi connectivity index (χ3n) is 5.31. The molecule has 1 fully saturated rings. The second-order valence-electron chi connectivity index (χ2n) is 7.28. The number of rotatable bonds is 3. The molecular weight excluding hydrogens is 380 g/mol. The number of hydrogen-bond donors (Lipinski definition) is 0. The summed E-state index contributed by atoms with van der Waals surface area (Å²) in [5.74, 6) is -0.276. The van der Waals surface area contributed by atoms with E-state index in [0.717, 1.165) is 34.4 Å². The molecule has 2 amide bonds. The highest BCUT2D eigenvalue weighted by Crippen LogP contribution is 2.36. The Kier molecular flexibility index (Phi) is 4.92. The molecule has 1 saturated heterocycles. The lowest BCUT2D eigenvalue weighted by atomic mass is 10.1. The van der Waals surface area contributed by atoms with Crippen LogP contribution < -0.4 is 4.90 Å². The molecule has 0 spiro atoms. The van der Waals surface area contributed by atoms with Crippen molar-refractivity contribution < 1.29 is 9.59 Å². The molecule has 0 unspecified atom stereocenters. The van der Waals surface area contributed by atoms with Gasteiger partial charge in [-0.2, -0.15) is 0 Å². The zero-order valence-corrected chi connectivity index (χ0v) is 17.7. The normalized spacial score (nSPS) is 15.6. The maximum atomic E-state index is 12.9. The van der Waals surface area contributed by atoms with Crippen LogP contribution in [0.25, 0.3) is 11.8 Å². The average molecular weight is 403 g/mol. The van der Waals surface area contributed by atoms with Crippen LogP contribution in [0.5, 0.6) is 0 Å². The first-order chi connectivity index (χ1) is 13.9. The van der Waals surface area contributed by atoms with E-state index in [0.29, 0.717) is 10.6 Å². The number of nitrogens with zero attached hydrogens (tertiary/aromatic N) is 2. The van der Waals surface area contributed by atoms with Gasteiger partial charge in [-0.15, -0.1) is 0 Å². The quantitative estimate of drug-likeness (QED) is 0.508. The van der Waals surface area contributed by atoms with Gasteiger partial charge in [0, 0.05) is 17.1 Å². The van der Waals surface area contributed by atoms with Gasteiger partial charge in [-0.3, -0.25) is 9.59 Å². The van der Waals surface area contributed by atoms with Gasteiger partial charge in [-0.1, -0.05) is 24.3 Å². The van der Waals surface area contributed by atoms with Crippen molar-refractivity contribution in [2.75, 3.05) is 4.90 Å². The molecule has 2 aromatic carbocycles. The predicted octanol–water partition coefficient (Wildman–Crippen LogP) is 5.95. The number of thioether (sulfide) groups is 1. The third-order valence-corrected chi connectivity index (χ3v) is 6.18. The van der Waals surface area contributed by atoms with E-state index in [1.165, 1.54) is 16.0 Å². The summed E-state index contributed by atoms with van der Waals surface area (Å²) in [7, 11) is 0. The Morgan fingerprint density at radius 1 is 0.828 bits per heavy atom. The van der Waals surface area contributed by atoms with Crippen LogP contribution >= 0.6 is 11.8 Å². The van der Waals surface area contributed by atoms with E-state index < -0.39 is 0 Å². The molecule has 0 N–H and O–H groups in total. The smallest absolute Gasteiger partial charge is 0.298 e. The molecular formula is C24H22N2O2S. The van der Waals surface area contributed by atoms with Gasteiger partial charge in [0.05, 0.1) is 10.6 Å². The van der Waals surface area contributed by atoms with Gasteiger partial charge < -0.3 is 4.57 Å². The number of amides is 2.